The molecule has 2 aliphatic carbocycles. The van der Waals surface area contributed by atoms with E-state index >= 15 is 0 Å². The summed E-state index contributed by atoms with van der Waals surface area (Å²) in [6.07, 6.45) is 2.41. The lowest BCUT2D eigenvalue weighted by Gasteiger charge is -2.22. The lowest BCUT2D eigenvalue weighted by molar-refractivity contribution is 0.746. The lowest BCUT2D eigenvalue weighted by atomic mass is 10.2. The standard InChI is InChI=1S/C16H21N/c1-3-10-17(11-4-2)16-12-14-8-6-5-7-9-15(14)13-16/h5-9,12-13H,3-4,10-11H2,1-2H3. The first kappa shape index (κ1) is 12.0. The van der Waals surface area contributed by atoms with E-state index in [4.69, 9.17) is 0 Å². The second-order valence-electron chi connectivity index (χ2n) is 4.52. The Kier molecular flexibility index (Phi) is 4.03. The maximum Gasteiger partial charge on any atom is 0.0378 e. The van der Waals surface area contributed by atoms with Crippen molar-refractivity contribution in [2.75, 3.05) is 18.0 Å². The molecule has 90 valence electrons. The smallest absolute Gasteiger partial charge is 0.0378 e. The van der Waals surface area contributed by atoms with Gasteiger partial charge in [0.25, 0.3) is 0 Å². The fourth-order valence-electron chi connectivity index (χ4n) is 2.29. The van der Waals surface area contributed by atoms with E-state index in [1.165, 1.54) is 29.7 Å². The fourth-order valence-corrected chi connectivity index (χ4v) is 2.29. The van der Waals surface area contributed by atoms with Crippen LogP contribution in [0.3, 0.4) is 0 Å². The third-order valence-corrected chi connectivity index (χ3v) is 3.07. The van der Waals surface area contributed by atoms with Crippen molar-refractivity contribution in [1.82, 2.24) is 0 Å². The van der Waals surface area contributed by atoms with Gasteiger partial charge < -0.3 is 4.90 Å². The Bertz CT molecular complexity index is 399. The summed E-state index contributed by atoms with van der Waals surface area (Å²) in [7, 11) is 0. The summed E-state index contributed by atoms with van der Waals surface area (Å²) in [6.45, 7) is 6.78. The van der Waals surface area contributed by atoms with Crippen LogP contribution in [-0.4, -0.2) is 13.1 Å². The first-order valence-electron chi connectivity index (χ1n) is 6.59. The normalized spacial score (nSPS) is 10.7. The van der Waals surface area contributed by atoms with Gasteiger partial charge in [-0.2, -0.15) is 0 Å². The molecule has 0 aliphatic heterocycles. The molecule has 0 amide bonds. The van der Waals surface area contributed by atoms with Crippen molar-refractivity contribution >= 4 is 5.69 Å². The molecule has 0 atom stereocenters. The molecular formula is C16H21N. The van der Waals surface area contributed by atoms with Gasteiger partial charge in [-0.3, -0.25) is 0 Å². The van der Waals surface area contributed by atoms with E-state index in [0.29, 0.717) is 0 Å². The number of anilines is 1. The van der Waals surface area contributed by atoms with Crippen molar-refractivity contribution in [3.63, 3.8) is 0 Å². The molecule has 0 heterocycles. The first-order chi connectivity index (χ1) is 8.35. The Morgan fingerprint density at radius 3 is 1.82 bits per heavy atom. The fraction of sp³-hybridized carbons (Fsp3) is 0.375. The maximum atomic E-state index is 2.49. The summed E-state index contributed by atoms with van der Waals surface area (Å²) < 4.78 is 0. The summed E-state index contributed by atoms with van der Waals surface area (Å²) in [5.41, 5.74) is 4.04. The number of hydrogen-bond acceptors (Lipinski definition) is 1. The van der Waals surface area contributed by atoms with Crippen LogP contribution in [-0.2, 0) is 0 Å². The highest BCUT2D eigenvalue weighted by atomic mass is 15.1. The lowest BCUT2D eigenvalue weighted by Crippen LogP contribution is -2.24. The third-order valence-electron chi connectivity index (χ3n) is 3.07. The number of rotatable bonds is 5. The molecule has 1 nitrogen and oxygen atoms in total. The van der Waals surface area contributed by atoms with Crippen LogP contribution in [0.4, 0.5) is 5.69 Å². The van der Waals surface area contributed by atoms with E-state index in [1.807, 2.05) is 0 Å². The molecule has 0 radical (unpaired) electrons. The minimum absolute atomic E-state index is 1.15. The average Bonchev–Trinajstić information content (AvgIpc) is 2.60. The third kappa shape index (κ3) is 2.79. The zero-order valence-corrected chi connectivity index (χ0v) is 10.8. The minimum atomic E-state index is 1.15. The second kappa shape index (κ2) is 5.72. The molecule has 0 N–H and O–H groups in total. The van der Waals surface area contributed by atoms with Gasteiger partial charge in [0.05, 0.1) is 0 Å². The Labute approximate surface area is 104 Å². The van der Waals surface area contributed by atoms with Gasteiger partial charge in [-0.15, -0.1) is 0 Å². The van der Waals surface area contributed by atoms with Crippen molar-refractivity contribution in [3.8, 4) is 11.1 Å². The van der Waals surface area contributed by atoms with Crippen LogP contribution in [0.1, 0.15) is 26.7 Å². The minimum Gasteiger partial charge on any atom is -0.372 e. The number of hydrogen-bond donors (Lipinski definition) is 0. The monoisotopic (exact) mass is 227 g/mol. The second-order valence-corrected chi connectivity index (χ2v) is 4.52. The molecule has 0 saturated heterocycles. The van der Waals surface area contributed by atoms with Crippen LogP contribution in [0.25, 0.3) is 11.1 Å². The predicted molar refractivity (Wildman–Crippen MR) is 75.9 cm³/mol. The van der Waals surface area contributed by atoms with Crippen molar-refractivity contribution in [3.05, 3.63) is 42.5 Å². The summed E-state index contributed by atoms with van der Waals surface area (Å²) in [6, 6.07) is 15.3. The molecule has 0 saturated carbocycles. The molecule has 0 aromatic carbocycles. The van der Waals surface area contributed by atoms with E-state index in [1.54, 1.807) is 0 Å². The van der Waals surface area contributed by atoms with Crippen molar-refractivity contribution < 1.29 is 0 Å². The van der Waals surface area contributed by atoms with Crippen LogP contribution in [0, 0.1) is 0 Å². The molecule has 0 bridgehead atoms. The summed E-state index contributed by atoms with van der Waals surface area (Å²) in [4.78, 5) is 2.49. The van der Waals surface area contributed by atoms with Crippen molar-refractivity contribution in [1.29, 1.82) is 0 Å². The molecule has 2 aliphatic rings. The van der Waals surface area contributed by atoms with E-state index in [9.17, 15) is 0 Å². The molecule has 0 aromatic heterocycles. The largest absolute Gasteiger partial charge is 0.372 e. The molecule has 1 heteroatoms. The molecule has 0 unspecified atom stereocenters. The van der Waals surface area contributed by atoms with Crippen LogP contribution in [0.15, 0.2) is 42.5 Å². The van der Waals surface area contributed by atoms with E-state index in [-0.39, 0.29) is 0 Å². The Morgan fingerprint density at radius 2 is 1.35 bits per heavy atom. The molecule has 0 aromatic rings. The Hall–Kier alpha value is -1.50. The summed E-state index contributed by atoms with van der Waals surface area (Å²) in [5.74, 6) is 0. The SMILES string of the molecule is CCCN(CCC)c1cc2cccccc-2c1. The Morgan fingerprint density at radius 1 is 0.824 bits per heavy atom. The van der Waals surface area contributed by atoms with Crippen molar-refractivity contribution in [2.24, 2.45) is 0 Å². The van der Waals surface area contributed by atoms with E-state index in [2.05, 4.69) is 61.2 Å². The zero-order valence-electron chi connectivity index (χ0n) is 10.8. The maximum absolute atomic E-state index is 2.49. The van der Waals surface area contributed by atoms with Crippen LogP contribution in [0.2, 0.25) is 0 Å². The van der Waals surface area contributed by atoms with E-state index in [0.717, 1.165) is 13.1 Å². The molecule has 17 heavy (non-hydrogen) atoms. The first-order valence-corrected chi connectivity index (χ1v) is 6.59. The molecule has 0 fully saturated rings. The highest BCUT2D eigenvalue weighted by Gasteiger charge is 2.10. The van der Waals surface area contributed by atoms with Gasteiger partial charge >= 0.3 is 0 Å². The number of nitrogens with zero attached hydrogens (tertiary/aromatic N) is 1. The van der Waals surface area contributed by atoms with Crippen LogP contribution < -0.4 is 4.90 Å². The van der Waals surface area contributed by atoms with E-state index < -0.39 is 0 Å². The molecule has 2 rings (SSSR count). The van der Waals surface area contributed by atoms with Gasteiger partial charge in [0, 0.05) is 18.8 Å². The topological polar surface area (TPSA) is 3.24 Å². The van der Waals surface area contributed by atoms with Crippen LogP contribution >= 0.6 is 0 Å². The van der Waals surface area contributed by atoms with Gasteiger partial charge in [0.1, 0.15) is 0 Å². The quantitative estimate of drug-likeness (QED) is 0.731. The predicted octanol–water partition coefficient (Wildman–Crippen LogP) is 4.42. The van der Waals surface area contributed by atoms with Gasteiger partial charge in [0.2, 0.25) is 0 Å². The van der Waals surface area contributed by atoms with Gasteiger partial charge in [-0.1, -0.05) is 44.2 Å². The highest BCUT2D eigenvalue weighted by Crippen LogP contribution is 2.30. The van der Waals surface area contributed by atoms with Gasteiger partial charge in [0.15, 0.2) is 0 Å². The van der Waals surface area contributed by atoms with Crippen molar-refractivity contribution in [2.45, 2.75) is 26.7 Å². The highest BCUT2D eigenvalue weighted by molar-refractivity contribution is 5.75. The number of fused-ring (bicyclic) bond motifs is 1. The zero-order chi connectivity index (χ0) is 12.1. The summed E-state index contributed by atoms with van der Waals surface area (Å²) in [5, 5.41) is 0. The molecular weight excluding hydrogens is 206 g/mol. The summed E-state index contributed by atoms with van der Waals surface area (Å²) >= 11 is 0. The van der Waals surface area contributed by atoms with Gasteiger partial charge in [-0.25, -0.2) is 0 Å². The van der Waals surface area contributed by atoms with Gasteiger partial charge in [-0.05, 0) is 36.1 Å². The Balaban J connectivity index is 2.31. The van der Waals surface area contributed by atoms with Crippen LogP contribution in [0.5, 0.6) is 0 Å². The average molecular weight is 227 g/mol. The molecule has 0 spiro atoms.